The molecule has 0 aliphatic heterocycles. The number of esters is 1. The summed E-state index contributed by atoms with van der Waals surface area (Å²) in [5, 5.41) is 9.94. The SMILES string of the molecule is C=C[C@@]1(C)CCC[C@@](C)(C(=O)OC)C1CCc1cc(C(C)C)cc2c1C(=O)c1ccc(O)cc1C2=O. The molecular weight excluding hydrogens is 452 g/mol. The van der Waals surface area contributed by atoms with E-state index in [4.69, 9.17) is 4.74 Å². The summed E-state index contributed by atoms with van der Waals surface area (Å²) in [7, 11) is 1.44. The van der Waals surface area contributed by atoms with E-state index in [1.165, 1.54) is 25.3 Å². The van der Waals surface area contributed by atoms with Crippen molar-refractivity contribution in [2.75, 3.05) is 7.11 Å². The van der Waals surface area contributed by atoms with E-state index in [9.17, 15) is 19.5 Å². The van der Waals surface area contributed by atoms with Crippen molar-refractivity contribution in [3.8, 4) is 5.75 Å². The van der Waals surface area contributed by atoms with E-state index in [1.807, 2.05) is 25.1 Å². The quantitative estimate of drug-likeness (QED) is 0.321. The molecule has 1 saturated carbocycles. The third-order valence-electron chi connectivity index (χ3n) is 8.67. The van der Waals surface area contributed by atoms with Crippen LogP contribution < -0.4 is 0 Å². The summed E-state index contributed by atoms with van der Waals surface area (Å²) in [6, 6.07) is 8.21. The molecule has 0 amide bonds. The van der Waals surface area contributed by atoms with Gasteiger partial charge in [0, 0.05) is 22.3 Å². The molecule has 1 N–H and O–H groups in total. The van der Waals surface area contributed by atoms with Crippen molar-refractivity contribution in [3.05, 3.63) is 76.4 Å². The van der Waals surface area contributed by atoms with Crippen molar-refractivity contribution < 1.29 is 24.2 Å². The molecule has 190 valence electrons. The Hall–Kier alpha value is -3.21. The van der Waals surface area contributed by atoms with E-state index in [1.54, 1.807) is 0 Å². The molecule has 1 fully saturated rings. The number of rotatable bonds is 6. The first-order valence-corrected chi connectivity index (χ1v) is 12.8. The lowest BCUT2D eigenvalue weighted by Crippen LogP contribution is -2.48. The number of fused-ring (bicyclic) bond motifs is 2. The van der Waals surface area contributed by atoms with Crippen molar-refractivity contribution in [2.45, 2.75) is 65.7 Å². The number of ketones is 2. The number of methoxy groups -OCH3 is 1. The molecule has 0 radical (unpaired) electrons. The number of ether oxygens (including phenoxy) is 1. The summed E-state index contributed by atoms with van der Waals surface area (Å²) in [6.45, 7) is 12.4. The van der Waals surface area contributed by atoms with Gasteiger partial charge in [-0.25, -0.2) is 0 Å². The van der Waals surface area contributed by atoms with Crippen molar-refractivity contribution in [2.24, 2.45) is 16.7 Å². The van der Waals surface area contributed by atoms with E-state index in [0.717, 1.165) is 30.4 Å². The average Bonchev–Trinajstić information content (AvgIpc) is 2.85. The molecule has 3 atom stereocenters. The monoisotopic (exact) mass is 488 g/mol. The van der Waals surface area contributed by atoms with Gasteiger partial charge in [0.2, 0.25) is 0 Å². The average molecular weight is 489 g/mol. The lowest BCUT2D eigenvalue weighted by Gasteiger charge is -2.49. The molecule has 2 aromatic carbocycles. The number of carbonyl (C=O) groups is 3. The Morgan fingerprint density at radius 2 is 1.83 bits per heavy atom. The largest absolute Gasteiger partial charge is 0.508 e. The summed E-state index contributed by atoms with van der Waals surface area (Å²) in [5.41, 5.74) is 2.30. The molecule has 1 unspecified atom stereocenters. The van der Waals surface area contributed by atoms with Gasteiger partial charge >= 0.3 is 5.97 Å². The van der Waals surface area contributed by atoms with Crippen LogP contribution >= 0.6 is 0 Å². The number of aromatic hydroxyl groups is 1. The number of hydrogen-bond acceptors (Lipinski definition) is 5. The molecule has 0 bridgehead atoms. The van der Waals surface area contributed by atoms with Crippen molar-refractivity contribution in [3.63, 3.8) is 0 Å². The van der Waals surface area contributed by atoms with Gasteiger partial charge in [0.15, 0.2) is 11.6 Å². The van der Waals surface area contributed by atoms with Gasteiger partial charge < -0.3 is 9.84 Å². The van der Waals surface area contributed by atoms with Crippen LogP contribution in [-0.4, -0.2) is 29.8 Å². The number of phenols is 1. The van der Waals surface area contributed by atoms with E-state index < -0.39 is 5.41 Å². The van der Waals surface area contributed by atoms with Gasteiger partial charge in [0.1, 0.15) is 5.75 Å². The number of carbonyl (C=O) groups excluding carboxylic acids is 3. The molecule has 36 heavy (non-hydrogen) atoms. The normalized spacial score (nSPS) is 25.3. The minimum Gasteiger partial charge on any atom is -0.508 e. The Bertz CT molecular complexity index is 1260. The fraction of sp³-hybridized carbons (Fsp3) is 0.452. The Morgan fingerprint density at radius 3 is 2.47 bits per heavy atom. The third-order valence-corrected chi connectivity index (χ3v) is 8.67. The molecule has 5 nitrogen and oxygen atoms in total. The minimum atomic E-state index is -0.657. The minimum absolute atomic E-state index is 0.0271. The summed E-state index contributed by atoms with van der Waals surface area (Å²) >= 11 is 0. The Labute approximate surface area is 213 Å². The molecule has 0 heterocycles. The second-order valence-electron chi connectivity index (χ2n) is 11.2. The van der Waals surface area contributed by atoms with Crippen LogP contribution in [0.3, 0.4) is 0 Å². The van der Waals surface area contributed by atoms with Crippen LogP contribution in [0.15, 0.2) is 43.0 Å². The molecule has 2 aliphatic carbocycles. The van der Waals surface area contributed by atoms with Gasteiger partial charge in [-0.05, 0) is 85.3 Å². The lowest BCUT2D eigenvalue weighted by atomic mass is 9.54. The highest BCUT2D eigenvalue weighted by Gasteiger charge is 2.52. The van der Waals surface area contributed by atoms with E-state index in [0.29, 0.717) is 29.5 Å². The van der Waals surface area contributed by atoms with Gasteiger partial charge in [0.05, 0.1) is 12.5 Å². The van der Waals surface area contributed by atoms with E-state index >= 15 is 0 Å². The van der Waals surface area contributed by atoms with E-state index in [-0.39, 0.29) is 46.1 Å². The summed E-state index contributed by atoms with van der Waals surface area (Å²) in [5.74, 6) is -0.556. The molecular formula is C31H36O5. The topological polar surface area (TPSA) is 80.7 Å². The lowest BCUT2D eigenvalue weighted by molar-refractivity contribution is -0.162. The first kappa shape index (κ1) is 25.9. The van der Waals surface area contributed by atoms with Gasteiger partial charge in [-0.2, -0.15) is 0 Å². The van der Waals surface area contributed by atoms with Crippen LogP contribution in [0, 0.1) is 16.7 Å². The molecule has 0 aromatic heterocycles. The smallest absolute Gasteiger partial charge is 0.311 e. The van der Waals surface area contributed by atoms with E-state index in [2.05, 4.69) is 27.4 Å². The maximum atomic E-state index is 13.7. The summed E-state index contributed by atoms with van der Waals surface area (Å²) in [4.78, 5) is 40.1. The second-order valence-corrected chi connectivity index (χ2v) is 11.2. The Morgan fingerprint density at radius 1 is 1.11 bits per heavy atom. The van der Waals surface area contributed by atoms with Crippen molar-refractivity contribution in [1.82, 2.24) is 0 Å². The molecule has 2 aliphatic rings. The van der Waals surface area contributed by atoms with Crippen LogP contribution in [0.5, 0.6) is 5.75 Å². The third kappa shape index (κ3) is 4.08. The predicted octanol–water partition coefficient (Wildman–Crippen LogP) is 6.40. The van der Waals surface area contributed by atoms with Crippen LogP contribution in [-0.2, 0) is 16.0 Å². The molecule has 4 rings (SSSR count). The van der Waals surface area contributed by atoms with Gasteiger partial charge in [-0.3, -0.25) is 14.4 Å². The number of phenolic OH excluding ortho intramolecular Hbond substituents is 1. The zero-order valence-electron chi connectivity index (χ0n) is 21.9. The zero-order valence-corrected chi connectivity index (χ0v) is 21.9. The summed E-state index contributed by atoms with van der Waals surface area (Å²) in [6.07, 6.45) is 5.77. The first-order chi connectivity index (χ1) is 17.0. The molecule has 5 heteroatoms. The fourth-order valence-corrected chi connectivity index (χ4v) is 6.49. The highest BCUT2D eigenvalue weighted by Crippen LogP contribution is 2.54. The number of aryl methyl sites for hydroxylation is 1. The maximum absolute atomic E-state index is 13.7. The van der Waals surface area contributed by atoms with Gasteiger partial charge in [0.25, 0.3) is 0 Å². The Kier molecular flexibility index (Phi) is 6.72. The van der Waals surface area contributed by atoms with Gasteiger partial charge in [-0.1, -0.05) is 39.3 Å². The highest BCUT2D eigenvalue weighted by atomic mass is 16.5. The predicted molar refractivity (Wildman–Crippen MR) is 140 cm³/mol. The zero-order chi connectivity index (χ0) is 26.4. The fourth-order valence-electron chi connectivity index (χ4n) is 6.49. The molecule has 0 spiro atoms. The van der Waals surface area contributed by atoms with Crippen LogP contribution in [0.4, 0.5) is 0 Å². The number of hydrogen-bond donors (Lipinski definition) is 1. The van der Waals surface area contributed by atoms with Crippen molar-refractivity contribution >= 4 is 17.5 Å². The molecule has 2 aromatic rings. The number of allylic oxidation sites excluding steroid dienone is 1. The summed E-state index contributed by atoms with van der Waals surface area (Å²) < 4.78 is 5.24. The first-order valence-electron chi connectivity index (χ1n) is 12.8. The van der Waals surface area contributed by atoms with Gasteiger partial charge in [-0.15, -0.1) is 6.58 Å². The van der Waals surface area contributed by atoms with Crippen LogP contribution in [0.1, 0.15) is 102 Å². The second kappa shape index (κ2) is 9.34. The van der Waals surface area contributed by atoms with Crippen LogP contribution in [0.2, 0.25) is 0 Å². The Balaban J connectivity index is 1.80. The van der Waals surface area contributed by atoms with Crippen molar-refractivity contribution in [1.29, 1.82) is 0 Å². The molecule has 0 saturated heterocycles. The number of benzene rings is 2. The van der Waals surface area contributed by atoms with Crippen LogP contribution in [0.25, 0.3) is 0 Å². The maximum Gasteiger partial charge on any atom is 0.311 e. The standard InChI is InChI=1S/C31H36O5/c1-7-30(4)13-8-14-31(5,29(35)36-6)25(30)12-9-19-15-20(18(2)3)16-24-26(19)28(34)22-11-10-21(32)17-23(22)27(24)33/h7,10-11,15-18,25,32H,1,8-9,12-14H2,2-6H3/t25?,30-,31+/m0/s1. The highest BCUT2D eigenvalue weighted by molar-refractivity contribution is 6.29.